The highest BCUT2D eigenvalue weighted by molar-refractivity contribution is 5.94. The van der Waals surface area contributed by atoms with Gasteiger partial charge >= 0.3 is 0 Å². The summed E-state index contributed by atoms with van der Waals surface area (Å²) in [5.74, 6) is 2.02. The SMILES string of the molecule is COc1ccc(C(=O)NCCOc2cccc(OC)c2)cc1. The summed E-state index contributed by atoms with van der Waals surface area (Å²) in [5, 5.41) is 2.80. The van der Waals surface area contributed by atoms with E-state index in [2.05, 4.69) is 5.32 Å². The summed E-state index contributed by atoms with van der Waals surface area (Å²) in [6, 6.07) is 14.3. The van der Waals surface area contributed by atoms with E-state index < -0.39 is 0 Å². The molecule has 5 heteroatoms. The van der Waals surface area contributed by atoms with Crippen molar-refractivity contribution in [1.29, 1.82) is 0 Å². The van der Waals surface area contributed by atoms with Crippen LogP contribution >= 0.6 is 0 Å². The van der Waals surface area contributed by atoms with Gasteiger partial charge in [-0.05, 0) is 36.4 Å². The summed E-state index contributed by atoms with van der Waals surface area (Å²) >= 11 is 0. The van der Waals surface area contributed by atoms with Crippen LogP contribution in [0, 0.1) is 0 Å². The van der Waals surface area contributed by atoms with E-state index in [0.717, 1.165) is 11.5 Å². The first-order chi connectivity index (χ1) is 10.7. The lowest BCUT2D eigenvalue weighted by molar-refractivity contribution is 0.0947. The molecule has 0 unspecified atom stereocenters. The zero-order valence-electron chi connectivity index (χ0n) is 12.7. The maximum atomic E-state index is 11.9. The molecule has 0 spiro atoms. The molecule has 0 aliphatic heterocycles. The number of hydrogen-bond acceptors (Lipinski definition) is 4. The zero-order chi connectivity index (χ0) is 15.8. The molecule has 0 saturated carbocycles. The first-order valence-corrected chi connectivity index (χ1v) is 6.92. The largest absolute Gasteiger partial charge is 0.497 e. The molecule has 0 saturated heterocycles. The van der Waals surface area contributed by atoms with Gasteiger partial charge in [0.15, 0.2) is 0 Å². The van der Waals surface area contributed by atoms with E-state index in [0.29, 0.717) is 24.5 Å². The maximum Gasteiger partial charge on any atom is 0.251 e. The van der Waals surface area contributed by atoms with Crippen molar-refractivity contribution in [3.05, 3.63) is 54.1 Å². The van der Waals surface area contributed by atoms with Gasteiger partial charge in [0.2, 0.25) is 0 Å². The number of amides is 1. The third kappa shape index (κ3) is 4.41. The Morgan fingerprint density at radius 2 is 1.64 bits per heavy atom. The first kappa shape index (κ1) is 15.7. The number of carbonyl (C=O) groups is 1. The number of methoxy groups -OCH3 is 2. The topological polar surface area (TPSA) is 56.8 Å². The van der Waals surface area contributed by atoms with Gasteiger partial charge in [-0.2, -0.15) is 0 Å². The lowest BCUT2D eigenvalue weighted by atomic mass is 10.2. The molecule has 1 N–H and O–H groups in total. The number of rotatable bonds is 7. The van der Waals surface area contributed by atoms with E-state index >= 15 is 0 Å². The van der Waals surface area contributed by atoms with E-state index in [1.165, 1.54) is 0 Å². The van der Waals surface area contributed by atoms with E-state index in [1.807, 2.05) is 18.2 Å². The Balaban J connectivity index is 1.76. The van der Waals surface area contributed by atoms with Crippen LogP contribution in [0.2, 0.25) is 0 Å². The van der Waals surface area contributed by atoms with E-state index in [1.54, 1.807) is 44.6 Å². The molecule has 0 aliphatic rings. The molecule has 0 radical (unpaired) electrons. The minimum absolute atomic E-state index is 0.142. The summed E-state index contributed by atoms with van der Waals surface area (Å²) in [6.07, 6.45) is 0. The summed E-state index contributed by atoms with van der Waals surface area (Å²) < 4.78 is 15.7. The fraction of sp³-hybridized carbons (Fsp3) is 0.235. The average Bonchev–Trinajstić information content (AvgIpc) is 2.58. The highest BCUT2D eigenvalue weighted by Crippen LogP contribution is 2.18. The number of hydrogen-bond donors (Lipinski definition) is 1. The van der Waals surface area contributed by atoms with Crippen LogP contribution < -0.4 is 19.5 Å². The molecule has 5 nitrogen and oxygen atoms in total. The Bertz CT molecular complexity index is 610. The molecule has 2 rings (SSSR count). The number of nitrogens with one attached hydrogen (secondary N) is 1. The standard InChI is InChI=1S/C17H19NO4/c1-20-14-8-6-13(7-9-14)17(19)18-10-11-22-16-5-3-4-15(12-16)21-2/h3-9,12H,10-11H2,1-2H3,(H,18,19). The van der Waals surface area contributed by atoms with Crippen LogP contribution in [0.3, 0.4) is 0 Å². The van der Waals surface area contributed by atoms with Crippen molar-refractivity contribution >= 4 is 5.91 Å². The predicted molar refractivity (Wildman–Crippen MR) is 83.8 cm³/mol. The van der Waals surface area contributed by atoms with Crippen LogP contribution in [-0.4, -0.2) is 33.3 Å². The summed E-state index contributed by atoms with van der Waals surface area (Å²) in [7, 11) is 3.19. The van der Waals surface area contributed by atoms with Crippen molar-refractivity contribution < 1.29 is 19.0 Å². The highest BCUT2D eigenvalue weighted by atomic mass is 16.5. The van der Waals surface area contributed by atoms with Crippen LogP contribution in [0.15, 0.2) is 48.5 Å². The Morgan fingerprint density at radius 3 is 2.32 bits per heavy atom. The van der Waals surface area contributed by atoms with E-state index in [4.69, 9.17) is 14.2 Å². The van der Waals surface area contributed by atoms with E-state index in [9.17, 15) is 4.79 Å². The van der Waals surface area contributed by atoms with Gasteiger partial charge in [0.05, 0.1) is 20.8 Å². The minimum Gasteiger partial charge on any atom is -0.497 e. The molecule has 116 valence electrons. The molecule has 1 amide bonds. The first-order valence-electron chi connectivity index (χ1n) is 6.92. The zero-order valence-corrected chi connectivity index (χ0v) is 12.7. The second-order valence-corrected chi connectivity index (χ2v) is 4.51. The third-order valence-corrected chi connectivity index (χ3v) is 3.05. The normalized spacial score (nSPS) is 9.91. The Hall–Kier alpha value is -2.69. The predicted octanol–water partition coefficient (Wildman–Crippen LogP) is 2.51. The van der Waals surface area contributed by atoms with Gasteiger partial charge in [0.25, 0.3) is 5.91 Å². The van der Waals surface area contributed by atoms with Crippen molar-refractivity contribution in [3.63, 3.8) is 0 Å². The van der Waals surface area contributed by atoms with Crippen molar-refractivity contribution in [2.45, 2.75) is 0 Å². The van der Waals surface area contributed by atoms with Gasteiger partial charge in [-0.15, -0.1) is 0 Å². The highest BCUT2D eigenvalue weighted by Gasteiger charge is 2.05. The Kier molecular flexibility index (Phi) is 5.65. The molecular weight excluding hydrogens is 282 g/mol. The molecule has 22 heavy (non-hydrogen) atoms. The molecule has 2 aromatic rings. The van der Waals surface area contributed by atoms with Gasteiger partial charge in [0, 0.05) is 11.6 Å². The quantitative estimate of drug-likeness (QED) is 0.798. The fourth-order valence-electron chi connectivity index (χ4n) is 1.87. The van der Waals surface area contributed by atoms with Gasteiger partial charge in [0.1, 0.15) is 23.9 Å². The number of ether oxygens (including phenoxy) is 3. The van der Waals surface area contributed by atoms with Crippen LogP contribution in [0.4, 0.5) is 0 Å². The second-order valence-electron chi connectivity index (χ2n) is 4.51. The third-order valence-electron chi connectivity index (χ3n) is 3.05. The molecule has 0 atom stereocenters. The fourth-order valence-corrected chi connectivity index (χ4v) is 1.87. The monoisotopic (exact) mass is 301 g/mol. The molecule has 2 aromatic carbocycles. The van der Waals surface area contributed by atoms with Crippen molar-refractivity contribution in [3.8, 4) is 17.2 Å². The summed E-state index contributed by atoms with van der Waals surface area (Å²) in [5.41, 5.74) is 0.585. The van der Waals surface area contributed by atoms with Crippen LogP contribution in [0.25, 0.3) is 0 Å². The lowest BCUT2D eigenvalue weighted by Gasteiger charge is -2.09. The van der Waals surface area contributed by atoms with Gasteiger partial charge < -0.3 is 19.5 Å². The van der Waals surface area contributed by atoms with Gasteiger partial charge in [-0.25, -0.2) is 0 Å². The summed E-state index contributed by atoms with van der Waals surface area (Å²) in [4.78, 5) is 11.9. The smallest absolute Gasteiger partial charge is 0.251 e. The van der Waals surface area contributed by atoms with Crippen molar-refractivity contribution in [2.75, 3.05) is 27.4 Å². The number of benzene rings is 2. The van der Waals surface area contributed by atoms with Crippen LogP contribution in [0.5, 0.6) is 17.2 Å². The second kappa shape index (κ2) is 7.93. The van der Waals surface area contributed by atoms with E-state index in [-0.39, 0.29) is 5.91 Å². The van der Waals surface area contributed by atoms with Crippen LogP contribution in [0.1, 0.15) is 10.4 Å². The minimum atomic E-state index is -0.142. The van der Waals surface area contributed by atoms with Crippen molar-refractivity contribution in [1.82, 2.24) is 5.32 Å². The molecule has 0 aliphatic carbocycles. The molecule has 0 fully saturated rings. The molecule has 0 heterocycles. The van der Waals surface area contributed by atoms with Gasteiger partial charge in [-0.1, -0.05) is 6.07 Å². The summed E-state index contributed by atoms with van der Waals surface area (Å²) in [6.45, 7) is 0.803. The molecular formula is C17H19NO4. The van der Waals surface area contributed by atoms with Crippen molar-refractivity contribution in [2.24, 2.45) is 0 Å². The van der Waals surface area contributed by atoms with Gasteiger partial charge in [-0.3, -0.25) is 4.79 Å². The number of carbonyl (C=O) groups excluding carboxylic acids is 1. The molecule has 0 bridgehead atoms. The Morgan fingerprint density at radius 1 is 0.955 bits per heavy atom. The average molecular weight is 301 g/mol. The maximum absolute atomic E-state index is 11.9. The lowest BCUT2D eigenvalue weighted by Crippen LogP contribution is -2.28. The Labute approximate surface area is 129 Å². The van der Waals surface area contributed by atoms with Crippen LogP contribution in [-0.2, 0) is 0 Å². The molecule has 0 aromatic heterocycles.